The molecule has 2 atom stereocenters. The van der Waals surface area contributed by atoms with Gasteiger partial charge in [-0.05, 0) is 60.5 Å². The first-order valence-electron chi connectivity index (χ1n) is 11.4. The van der Waals surface area contributed by atoms with Crippen molar-refractivity contribution in [2.45, 2.75) is 12.8 Å². The van der Waals surface area contributed by atoms with Gasteiger partial charge in [0, 0.05) is 12.5 Å². The molecule has 0 radical (unpaired) electrons. The molecule has 2 amide bonds. The van der Waals surface area contributed by atoms with Crippen molar-refractivity contribution in [1.29, 1.82) is 0 Å². The highest BCUT2D eigenvalue weighted by atomic mass is 19.1. The number of nitrogens with zero attached hydrogens (tertiary/aromatic N) is 1. The van der Waals surface area contributed by atoms with Crippen molar-refractivity contribution in [2.75, 3.05) is 13.2 Å². The number of halogens is 1. The van der Waals surface area contributed by atoms with E-state index in [2.05, 4.69) is 15.8 Å². The van der Waals surface area contributed by atoms with Gasteiger partial charge in [0.15, 0.2) is 11.5 Å². The molecule has 1 fully saturated rings. The molecule has 1 aliphatic rings. The third-order valence-electron chi connectivity index (χ3n) is 5.63. The molecule has 9 heteroatoms. The molecule has 1 saturated heterocycles. The summed E-state index contributed by atoms with van der Waals surface area (Å²) in [6.07, 6.45) is 1.40. The molecule has 2 N–H and O–H groups in total. The lowest BCUT2D eigenvalue weighted by Gasteiger charge is -2.15. The first kappa shape index (κ1) is 24.6. The minimum atomic E-state index is -0.892. The molecule has 4 rings (SSSR count). The Labute approximate surface area is 207 Å². The van der Waals surface area contributed by atoms with Crippen LogP contribution in [-0.2, 0) is 9.59 Å². The molecule has 184 valence electrons. The number of benzene rings is 3. The highest BCUT2D eigenvalue weighted by Crippen LogP contribution is 2.30. The molecule has 0 saturated carbocycles. The minimum absolute atomic E-state index is 0.181. The Bertz CT molecular complexity index is 1280. The Morgan fingerprint density at radius 2 is 1.83 bits per heavy atom. The van der Waals surface area contributed by atoms with E-state index in [9.17, 15) is 18.8 Å². The summed E-state index contributed by atoms with van der Waals surface area (Å²) in [5.41, 5.74) is 4.09. The second-order valence-electron chi connectivity index (χ2n) is 8.01. The number of esters is 1. The van der Waals surface area contributed by atoms with Crippen LogP contribution in [-0.4, -0.2) is 37.1 Å². The second-order valence-corrected chi connectivity index (χ2v) is 8.01. The van der Waals surface area contributed by atoms with Crippen LogP contribution in [0.4, 0.5) is 4.39 Å². The first-order valence-corrected chi connectivity index (χ1v) is 11.4. The predicted molar refractivity (Wildman–Crippen MR) is 130 cm³/mol. The van der Waals surface area contributed by atoms with Gasteiger partial charge in [-0.3, -0.25) is 9.59 Å². The highest BCUT2D eigenvalue weighted by molar-refractivity contribution is 6.03. The molecule has 3 aromatic carbocycles. The number of carbonyl (C=O) groups is 3. The van der Waals surface area contributed by atoms with E-state index in [1.165, 1.54) is 36.5 Å². The van der Waals surface area contributed by atoms with Crippen molar-refractivity contribution in [2.24, 2.45) is 11.0 Å². The zero-order chi connectivity index (χ0) is 25.5. The van der Waals surface area contributed by atoms with Crippen LogP contribution in [0.3, 0.4) is 0 Å². The smallest absolute Gasteiger partial charge is 0.343 e. The van der Waals surface area contributed by atoms with E-state index in [0.717, 1.165) is 5.56 Å². The van der Waals surface area contributed by atoms with Crippen molar-refractivity contribution < 1.29 is 28.2 Å². The van der Waals surface area contributed by atoms with Crippen LogP contribution >= 0.6 is 0 Å². The Morgan fingerprint density at radius 1 is 1.08 bits per heavy atom. The van der Waals surface area contributed by atoms with Gasteiger partial charge in [0.25, 0.3) is 5.91 Å². The number of hydrogen-bond donors (Lipinski definition) is 2. The Hall–Kier alpha value is -4.53. The van der Waals surface area contributed by atoms with Gasteiger partial charge in [-0.15, -0.1) is 0 Å². The average molecular weight is 490 g/mol. The lowest BCUT2D eigenvalue weighted by atomic mass is 9.88. The van der Waals surface area contributed by atoms with E-state index in [0.29, 0.717) is 24.5 Å². The number of ether oxygens (including phenoxy) is 2. The molecule has 8 nitrogen and oxygen atoms in total. The zero-order valence-electron chi connectivity index (χ0n) is 19.4. The van der Waals surface area contributed by atoms with Crippen LogP contribution in [0.15, 0.2) is 77.9 Å². The normalized spacial score (nSPS) is 17.0. The van der Waals surface area contributed by atoms with Crippen molar-refractivity contribution in [3.8, 4) is 11.5 Å². The summed E-state index contributed by atoms with van der Waals surface area (Å²) in [5.74, 6) is -2.67. The molecule has 1 heterocycles. The Kier molecular flexibility index (Phi) is 7.69. The monoisotopic (exact) mass is 489 g/mol. The van der Waals surface area contributed by atoms with E-state index in [1.54, 1.807) is 19.1 Å². The molecule has 36 heavy (non-hydrogen) atoms. The van der Waals surface area contributed by atoms with E-state index < -0.39 is 23.6 Å². The fourth-order valence-electron chi connectivity index (χ4n) is 3.88. The maximum absolute atomic E-state index is 13.1. The average Bonchev–Trinajstić information content (AvgIpc) is 3.28. The predicted octanol–water partition coefficient (Wildman–Crippen LogP) is 3.42. The SMILES string of the molecule is CCOc1cc(/C=N/NC(=O)[C@@H]2C(=O)NC[C@@H]2c2ccccc2)ccc1OC(=O)c1ccc(F)cc1. The summed E-state index contributed by atoms with van der Waals surface area (Å²) in [4.78, 5) is 37.4. The molecule has 0 aliphatic carbocycles. The lowest BCUT2D eigenvalue weighted by Crippen LogP contribution is -2.34. The fourth-order valence-corrected chi connectivity index (χ4v) is 3.88. The molecule has 0 aromatic heterocycles. The summed E-state index contributed by atoms with van der Waals surface area (Å²) in [7, 11) is 0. The fraction of sp³-hybridized carbons (Fsp3) is 0.185. The maximum Gasteiger partial charge on any atom is 0.343 e. The molecule has 0 bridgehead atoms. The molecular formula is C27H24FN3O5. The summed E-state index contributed by atoms with van der Waals surface area (Å²) < 4.78 is 24.1. The summed E-state index contributed by atoms with van der Waals surface area (Å²) in [5, 5.41) is 6.73. The Balaban J connectivity index is 1.43. The topological polar surface area (TPSA) is 106 Å². The van der Waals surface area contributed by atoms with Crippen LogP contribution in [0, 0.1) is 11.7 Å². The van der Waals surface area contributed by atoms with E-state index in [-0.39, 0.29) is 23.1 Å². The van der Waals surface area contributed by atoms with Gasteiger partial charge in [-0.2, -0.15) is 5.10 Å². The van der Waals surface area contributed by atoms with E-state index in [4.69, 9.17) is 9.47 Å². The van der Waals surface area contributed by atoms with Gasteiger partial charge in [0.2, 0.25) is 5.91 Å². The van der Waals surface area contributed by atoms with Gasteiger partial charge in [-0.1, -0.05) is 30.3 Å². The van der Waals surface area contributed by atoms with Gasteiger partial charge in [0.1, 0.15) is 11.7 Å². The van der Waals surface area contributed by atoms with Gasteiger partial charge >= 0.3 is 5.97 Å². The summed E-state index contributed by atoms with van der Waals surface area (Å²) in [6.45, 7) is 2.47. The quantitative estimate of drug-likeness (QED) is 0.166. The highest BCUT2D eigenvalue weighted by Gasteiger charge is 2.40. The van der Waals surface area contributed by atoms with Gasteiger partial charge in [0.05, 0.1) is 18.4 Å². The third-order valence-corrected chi connectivity index (χ3v) is 5.63. The van der Waals surface area contributed by atoms with E-state index in [1.807, 2.05) is 30.3 Å². The largest absolute Gasteiger partial charge is 0.490 e. The summed E-state index contributed by atoms with van der Waals surface area (Å²) in [6, 6.07) is 19.1. The number of hydrazone groups is 1. The van der Waals surface area contributed by atoms with Crippen molar-refractivity contribution >= 4 is 24.0 Å². The molecular weight excluding hydrogens is 465 g/mol. The molecule has 3 aromatic rings. The first-order chi connectivity index (χ1) is 17.5. The minimum Gasteiger partial charge on any atom is -0.490 e. The van der Waals surface area contributed by atoms with Crippen LogP contribution in [0.2, 0.25) is 0 Å². The number of rotatable bonds is 8. The van der Waals surface area contributed by atoms with Crippen LogP contribution < -0.4 is 20.2 Å². The van der Waals surface area contributed by atoms with Crippen molar-refractivity contribution in [3.05, 3.63) is 95.3 Å². The molecule has 0 unspecified atom stereocenters. The molecule has 0 spiro atoms. The van der Waals surface area contributed by atoms with Crippen molar-refractivity contribution in [3.63, 3.8) is 0 Å². The third kappa shape index (κ3) is 5.75. The van der Waals surface area contributed by atoms with Gasteiger partial charge < -0.3 is 14.8 Å². The number of hydrogen-bond acceptors (Lipinski definition) is 6. The van der Waals surface area contributed by atoms with E-state index >= 15 is 0 Å². The van der Waals surface area contributed by atoms with Crippen LogP contribution in [0.25, 0.3) is 0 Å². The summed E-state index contributed by atoms with van der Waals surface area (Å²) >= 11 is 0. The van der Waals surface area contributed by atoms with Crippen LogP contribution in [0.1, 0.15) is 34.3 Å². The van der Waals surface area contributed by atoms with Crippen LogP contribution in [0.5, 0.6) is 11.5 Å². The number of nitrogens with one attached hydrogen (secondary N) is 2. The zero-order valence-corrected chi connectivity index (χ0v) is 19.4. The van der Waals surface area contributed by atoms with Crippen molar-refractivity contribution in [1.82, 2.24) is 10.7 Å². The maximum atomic E-state index is 13.1. The molecule has 1 aliphatic heterocycles. The lowest BCUT2D eigenvalue weighted by molar-refractivity contribution is -0.133. The number of carbonyl (C=O) groups excluding carboxylic acids is 3. The Morgan fingerprint density at radius 3 is 2.56 bits per heavy atom. The van der Waals surface area contributed by atoms with Gasteiger partial charge in [-0.25, -0.2) is 14.6 Å². The standard InChI is InChI=1S/C27H24FN3O5/c1-2-35-23-14-17(8-13-22(23)36-27(34)19-9-11-20(28)12-10-19)15-30-31-26(33)24-21(16-29-25(24)32)18-6-4-3-5-7-18/h3-15,21,24H,2,16H2,1H3,(H,29,32)(H,31,33)/b30-15+/t21-,24+/m1/s1. The second kappa shape index (κ2) is 11.3. The number of amides is 2.